The van der Waals surface area contributed by atoms with Crippen LogP contribution in [-0.2, 0) is 21.3 Å². The molecule has 0 spiro atoms. The van der Waals surface area contributed by atoms with Crippen LogP contribution >= 0.6 is 0 Å². The van der Waals surface area contributed by atoms with Gasteiger partial charge in [-0.3, -0.25) is 4.79 Å². The molecule has 2 aliphatic heterocycles. The minimum Gasteiger partial charge on any atom is -0.378 e. The SMILES string of the molecule is O=C(NCc1ccnc(N2CCOCC2)c1)c1cccc(S(=O)(=O)N2CCCCCC2)c1. The number of anilines is 1. The molecule has 0 unspecified atom stereocenters. The highest BCUT2D eigenvalue weighted by Crippen LogP contribution is 2.21. The minimum absolute atomic E-state index is 0.172. The summed E-state index contributed by atoms with van der Waals surface area (Å²) in [6.45, 7) is 4.35. The topological polar surface area (TPSA) is 91.8 Å². The van der Waals surface area contributed by atoms with Gasteiger partial charge in [0.2, 0.25) is 10.0 Å². The second kappa shape index (κ2) is 10.4. The molecule has 2 fully saturated rings. The zero-order valence-electron chi connectivity index (χ0n) is 18.2. The van der Waals surface area contributed by atoms with Gasteiger partial charge >= 0.3 is 0 Å². The predicted octanol–water partition coefficient (Wildman–Crippen LogP) is 2.41. The Morgan fingerprint density at radius 2 is 1.75 bits per heavy atom. The van der Waals surface area contributed by atoms with Crippen molar-refractivity contribution in [2.45, 2.75) is 37.1 Å². The van der Waals surface area contributed by atoms with Gasteiger partial charge in [-0.1, -0.05) is 18.9 Å². The van der Waals surface area contributed by atoms with Crippen LogP contribution in [-0.4, -0.2) is 63.0 Å². The normalized spacial score (nSPS) is 18.2. The molecule has 0 atom stereocenters. The van der Waals surface area contributed by atoms with Crippen molar-refractivity contribution in [1.82, 2.24) is 14.6 Å². The van der Waals surface area contributed by atoms with Crippen molar-refractivity contribution in [3.8, 4) is 0 Å². The third-order valence-corrected chi connectivity index (χ3v) is 7.79. The van der Waals surface area contributed by atoms with Crippen molar-refractivity contribution in [2.24, 2.45) is 0 Å². The molecule has 9 heteroatoms. The molecule has 2 aliphatic rings. The molecule has 2 aromatic rings. The summed E-state index contributed by atoms with van der Waals surface area (Å²) < 4.78 is 33.0. The van der Waals surface area contributed by atoms with Crippen LogP contribution in [0.4, 0.5) is 5.82 Å². The van der Waals surface area contributed by atoms with Gasteiger partial charge < -0.3 is 15.0 Å². The molecule has 3 heterocycles. The number of rotatable bonds is 6. The summed E-state index contributed by atoms with van der Waals surface area (Å²) in [4.78, 5) is 19.5. The average molecular weight is 459 g/mol. The van der Waals surface area contributed by atoms with Crippen LogP contribution in [0, 0.1) is 0 Å². The molecule has 32 heavy (non-hydrogen) atoms. The molecule has 0 radical (unpaired) electrons. The van der Waals surface area contributed by atoms with Crippen molar-refractivity contribution in [1.29, 1.82) is 0 Å². The van der Waals surface area contributed by atoms with E-state index in [1.807, 2.05) is 12.1 Å². The first-order valence-corrected chi connectivity index (χ1v) is 12.6. The van der Waals surface area contributed by atoms with Gasteiger partial charge in [0.15, 0.2) is 0 Å². The van der Waals surface area contributed by atoms with Gasteiger partial charge in [-0.25, -0.2) is 13.4 Å². The quantitative estimate of drug-likeness (QED) is 0.715. The van der Waals surface area contributed by atoms with Crippen molar-refractivity contribution < 1.29 is 17.9 Å². The Hall–Kier alpha value is -2.49. The standard InChI is InChI=1S/C23H30N4O4S/c28-23(25-18-19-8-9-24-22(16-19)26-12-14-31-15-13-26)20-6-5-7-21(17-20)32(29,30)27-10-3-1-2-4-11-27/h5-9,16-17H,1-4,10-15,18H2,(H,25,28). The molecule has 4 rings (SSSR count). The summed E-state index contributed by atoms with van der Waals surface area (Å²) >= 11 is 0. The van der Waals surface area contributed by atoms with E-state index in [1.54, 1.807) is 28.7 Å². The maximum absolute atomic E-state index is 13.1. The smallest absolute Gasteiger partial charge is 0.251 e. The lowest BCUT2D eigenvalue weighted by Crippen LogP contribution is -2.36. The van der Waals surface area contributed by atoms with Crippen LogP contribution in [0.25, 0.3) is 0 Å². The van der Waals surface area contributed by atoms with Gasteiger partial charge in [0.05, 0.1) is 18.1 Å². The molecular formula is C23H30N4O4S. The van der Waals surface area contributed by atoms with Gasteiger partial charge in [0.1, 0.15) is 5.82 Å². The van der Waals surface area contributed by atoms with E-state index >= 15 is 0 Å². The number of benzene rings is 1. The number of sulfonamides is 1. The fourth-order valence-electron chi connectivity index (χ4n) is 4.05. The zero-order chi connectivity index (χ0) is 22.4. The summed E-state index contributed by atoms with van der Waals surface area (Å²) in [5.41, 5.74) is 1.27. The number of nitrogens with one attached hydrogen (secondary N) is 1. The Bertz CT molecular complexity index is 1030. The van der Waals surface area contributed by atoms with Gasteiger partial charge in [0, 0.05) is 44.5 Å². The molecule has 1 aromatic heterocycles. The highest BCUT2D eigenvalue weighted by molar-refractivity contribution is 7.89. The van der Waals surface area contributed by atoms with Crippen molar-refractivity contribution in [3.05, 3.63) is 53.7 Å². The fraction of sp³-hybridized carbons (Fsp3) is 0.478. The molecule has 172 valence electrons. The van der Waals surface area contributed by atoms with E-state index in [2.05, 4.69) is 15.2 Å². The molecule has 2 saturated heterocycles. The third-order valence-electron chi connectivity index (χ3n) is 5.90. The number of pyridine rings is 1. The molecule has 8 nitrogen and oxygen atoms in total. The Labute approximate surface area is 189 Å². The van der Waals surface area contributed by atoms with Crippen LogP contribution in [0.5, 0.6) is 0 Å². The number of nitrogens with zero attached hydrogens (tertiary/aromatic N) is 3. The van der Waals surface area contributed by atoms with E-state index in [0.29, 0.717) is 38.4 Å². The first-order valence-electron chi connectivity index (χ1n) is 11.2. The molecular weight excluding hydrogens is 428 g/mol. The first-order chi connectivity index (χ1) is 15.5. The second-order valence-electron chi connectivity index (χ2n) is 8.15. The van der Waals surface area contributed by atoms with Crippen LogP contribution in [0.3, 0.4) is 0 Å². The number of amides is 1. The monoisotopic (exact) mass is 458 g/mol. The van der Waals surface area contributed by atoms with Crippen molar-refractivity contribution in [3.63, 3.8) is 0 Å². The Balaban J connectivity index is 1.42. The van der Waals surface area contributed by atoms with Gasteiger partial charge in [0.25, 0.3) is 5.91 Å². The number of ether oxygens (including phenoxy) is 1. The molecule has 1 N–H and O–H groups in total. The van der Waals surface area contributed by atoms with E-state index in [9.17, 15) is 13.2 Å². The summed E-state index contributed by atoms with van der Waals surface area (Å²) in [5.74, 6) is 0.563. The lowest BCUT2D eigenvalue weighted by atomic mass is 10.2. The van der Waals surface area contributed by atoms with E-state index in [0.717, 1.165) is 50.2 Å². The lowest BCUT2D eigenvalue weighted by Gasteiger charge is -2.28. The first kappa shape index (κ1) is 22.7. The summed E-state index contributed by atoms with van der Waals surface area (Å²) in [6, 6.07) is 10.1. The van der Waals surface area contributed by atoms with Crippen molar-refractivity contribution in [2.75, 3.05) is 44.3 Å². The molecule has 1 aromatic carbocycles. The van der Waals surface area contributed by atoms with Crippen LogP contribution in [0.1, 0.15) is 41.6 Å². The Morgan fingerprint density at radius 3 is 2.50 bits per heavy atom. The maximum atomic E-state index is 13.1. The number of carbonyl (C=O) groups is 1. The molecule has 1 amide bonds. The zero-order valence-corrected chi connectivity index (χ0v) is 19.0. The molecule has 0 saturated carbocycles. The Kier molecular flexibility index (Phi) is 7.39. The van der Waals surface area contributed by atoms with Gasteiger partial charge in [-0.2, -0.15) is 4.31 Å². The van der Waals surface area contributed by atoms with Crippen LogP contribution in [0.2, 0.25) is 0 Å². The average Bonchev–Trinajstić information content (AvgIpc) is 3.14. The van der Waals surface area contributed by atoms with Gasteiger partial charge in [-0.15, -0.1) is 0 Å². The second-order valence-corrected chi connectivity index (χ2v) is 10.1. The number of hydrogen-bond donors (Lipinski definition) is 1. The Morgan fingerprint density at radius 1 is 1.00 bits per heavy atom. The van der Waals surface area contributed by atoms with E-state index in [4.69, 9.17) is 4.74 Å². The molecule has 0 aliphatic carbocycles. The van der Waals surface area contributed by atoms with Crippen LogP contribution in [0.15, 0.2) is 47.5 Å². The highest BCUT2D eigenvalue weighted by Gasteiger charge is 2.25. The largest absolute Gasteiger partial charge is 0.378 e. The van der Waals surface area contributed by atoms with Crippen molar-refractivity contribution >= 4 is 21.7 Å². The maximum Gasteiger partial charge on any atom is 0.251 e. The van der Waals surface area contributed by atoms with Gasteiger partial charge in [-0.05, 0) is 48.7 Å². The number of hydrogen-bond acceptors (Lipinski definition) is 6. The highest BCUT2D eigenvalue weighted by atomic mass is 32.2. The summed E-state index contributed by atoms with van der Waals surface area (Å²) in [7, 11) is -3.60. The van der Waals surface area contributed by atoms with E-state index in [1.165, 1.54) is 6.07 Å². The fourth-order valence-corrected chi connectivity index (χ4v) is 5.61. The van der Waals surface area contributed by atoms with E-state index in [-0.39, 0.29) is 10.8 Å². The number of carbonyl (C=O) groups excluding carboxylic acids is 1. The van der Waals surface area contributed by atoms with E-state index < -0.39 is 10.0 Å². The minimum atomic E-state index is -3.60. The molecule has 0 bridgehead atoms. The third kappa shape index (κ3) is 5.46. The summed E-state index contributed by atoms with van der Waals surface area (Å²) in [5, 5.41) is 2.90. The van der Waals surface area contributed by atoms with Crippen LogP contribution < -0.4 is 10.2 Å². The summed E-state index contributed by atoms with van der Waals surface area (Å²) in [6.07, 6.45) is 5.59. The number of aromatic nitrogens is 1. The predicted molar refractivity (Wildman–Crippen MR) is 122 cm³/mol. The number of morpholine rings is 1. The lowest BCUT2D eigenvalue weighted by molar-refractivity contribution is 0.0950.